The minimum Gasteiger partial charge on any atom is -0.368 e. The lowest BCUT2D eigenvalue weighted by Crippen LogP contribution is -2.55. The summed E-state index contributed by atoms with van der Waals surface area (Å²) in [5.41, 5.74) is 4.93. The molecule has 0 saturated heterocycles. The number of amides is 1. The molecule has 2 unspecified atom stereocenters. The van der Waals surface area contributed by atoms with Crippen LogP contribution in [0.4, 0.5) is 0 Å². The van der Waals surface area contributed by atoms with Crippen LogP contribution in [0.3, 0.4) is 0 Å². The van der Waals surface area contributed by atoms with Gasteiger partial charge in [-0.25, -0.2) is 0 Å². The lowest BCUT2D eigenvalue weighted by atomic mass is 9.93. The van der Waals surface area contributed by atoms with Crippen molar-refractivity contribution in [1.29, 1.82) is 0 Å². The Kier molecular flexibility index (Phi) is 7.60. The molecule has 4 nitrogen and oxygen atoms in total. The lowest BCUT2D eigenvalue weighted by Gasteiger charge is -2.32. The molecule has 0 bridgehead atoms. The molecule has 0 aliphatic rings. The maximum Gasteiger partial charge on any atom is 0.237 e. The number of nitrogens with two attached hydrogens (primary N) is 1. The molecule has 0 aliphatic carbocycles. The largest absolute Gasteiger partial charge is 0.368 e. The highest BCUT2D eigenvalue weighted by Gasteiger charge is 2.31. The fourth-order valence-corrected chi connectivity index (χ4v) is 2.30. The van der Waals surface area contributed by atoms with Crippen molar-refractivity contribution in [2.45, 2.75) is 72.0 Å². The van der Waals surface area contributed by atoms with E-state index < -0.39 is 5.54 Å². The summed E-state index contributed by atoms with van der Waals surface area (Å²) in [5, 5.41) is 3.29. The minimum atomic E-state index is -0.601. The fourth-order valence-electron chi connectivity index (χ4n) is 2.30. The van der Waals surface area contributed by atoms with Crippen molar-refractivity contribution in [3.05, 3.63) is 0 Å². The van der Waals surface area contributed by atoms with Crippen LogP contribution in [0.2, 0.25) is 0 Å². The molecule has 0 spiro atoms. The van der Waals surface area contributed by atoms with E-state index in [4.69, 9.17) is 5.73 Å². The summed E-state index contributed by atoms with van der Waals surface area (Å²) in [7, 11) is 2.14. The van der Waals surface area contributed by atoms with Gasteiger partial charge in [-0.1, -0.05) is 13.8 Å². The van der Waals surface area contributed by atoms with Crippen molar-refractivity contribution < 1.29 is 4.79 Å². The number of nitrogens with zero attached hydrogens (tertiary/aromatic N) is 1. The predicted molar refractivity (Wildman–Crippen MR) is 82.0 cm³/mol. The monoisotopic (exact) mass is 271 g/mol. The van der Waals surface area contributed by atoms with Crippen molar-refractivity contribution in [3.63, 3.8) is 0 Å². The van der Waals surface area contributed by atoms with Gasteiger partial charge in [-0.15, -0.1) is 0 Å². The molecule has 0 rings (SSSR count). The minimum absolute atomic E-state index is 0.254. The molecule has 19 heavy (non-hydrogen) atoms. The van der Waals surface area contributed by atoms with E-state index in [9.17, 15) is 4.79 Å². The maximum absolute atomic E-state index is 11.6. The van der Waals surface area contributed by atoms with E-state index in [1.807, 2.05) is 20.8 Å². The zero-order chi connectivity index (χ0) is 15.2. The predicted octanol–water partition coefficient (Wildman–Crippen LogP) is 1.98. The van der Waals surface area contributed by atoms with Gasteiger partial charge in [-0.2, -0.15) is 0 Å². The van der Waals surface area contributed by atoms with Crippen molar-refractivity contribution in [2.24, 2.45) is 11.7 Å². The van der Waals surface area contributed by atoms with Gasteiger partial charge in [0.15, 0.2) is 0 Å². The van der Waals surface area contributed by atoms with Crippen molar-refractivity contribution in [1.82, 2.24) is 10.2 Å². The van der Waals surface area contributed by atoms with Crippen LogP contribution in [-0.2, 0) is 4.79 Å². The molecule has 0 aliphatic heterocycles. The summed E-state index contributed by atoms with van der Waals surface area (Å²) in [5.74, 6) is 0.377. The Hall–Kier alpha value is -0.610. The topological polar surface area (TPSA) is 58.4 Å². The summed E-state index contributed by atoms with van der Waals surface area (Å²) in [6.45, 7) is 13.7. The van der Waals surface area contributed by atoms with Gasteiger partial charge in [0.05, 0.1) is 5.54 Å². The van der Waals surface area contributed by atoms with Crippen molar-refractivity contribution in [2.75, 3.05) is 13.6 Å². The van der Waals surface area contributed by atoms with Crippen molar-refractivity contribution in [3.8, 4) is 0 Å². The quantitative estimate of drug-likeness (QED) is 0.674. The SMILES string of the molecule is CC(C)NC(C)(CCCN(C)C(C)C(C)C)C(N)=O. The third-order valence-corrected chi connectivity index (χ3v) is 4.00. The Morgan fingerprint density at radius 1 is 1.26 bits per heavy atom. The zero-order valence-electron chi connectivity index (χ0n) is 13.8. The number of carbonyl (C=O) groups is 1. The molecule has 0 aromatic heterocycles. The Labute approximate surface area is 119 Å². The summed E-state index contributed by atoms with van der Waals surface area (Å²) < 4.78 is 0. The first-order valence-electron chi connectivity index (χ1n) is 7.38. The Morgan fingerprint density at radius 2 is 1.79 bits per heavy atom. The Morgan fingerprint density at radius 3 is 2.16 bits per heavy atom. The van der Waals surface area contributed by atoms with Crippen LogP contribution in [0.5, 0.6) is 0 Å². The van der Waals surface area contributed by atoms with Gasteiger partial charge in [0.1, 0.15) is 0 Å². The number of carbonyl (C=O) groups excluding carboxylic acids is 1. The number of primary amides is 1. The van der Waals surface area contributed by atoms with E-state index in [1.165, 1.54) is 0 Å². The Bertz CT molecular complexity index is 279. The van der Waals surface area contributed by atoms with Gasteiger partial charge >= 0.3 is 0 Å². The van der Waals surface area contributed by atoms with Crippen LogP contribution >= 0.6 is 0 Å². The number of nitrogens with one attached hydrogen (secondary N) is 1. The van der Waals surface area contributed by atoms with E-state index in [1.54, 1.807) is 0 Å². The van der Waals surface area contributed by atoms with Gasteiger partial charge in [0.2, 0.25) is 5.91 Å². The first-order valence-corrected chi connectivity index (χ1v) is 7.38. The van der Waals surface area contributed by atoms with Crippen LogP contribution < -0.4 is 11.1 Å². The summed E-state index contributed by atoms with van der Waals surface area (Å²) >= 11 is 0. The van der Waals surface area contributed by atoms with Crippen LogP contribution in [0.1, 0.15) is 54.4 Å². The summed E-state index contributed by atoms with van der Waals surface area (Å²) in [6, 6.07) is 0.808. The molecule has 0 fully saturated rings. The second kappa shape index (κ2) is 7.85. The molecule has 0 aromatic carbocycles. The molecular formula is C15H33N3O. The molecule has 0 aromatic rings. The van der Waals surface area contributed by atoms with Gasteiger partial charge in [0, 0.05) is 12.1 Å². The third kappa shape index (κ3) is 6.39. The van der Waals surface area contributed by atoms with Crippen LogP contribution in [0.15, 0.2) is 0 Å². The average Bonchev–Trinajstić information content (AvgIpc) is 2.26. The lowest BCUT2D eigenvalue weighted by molar-refractivity contribution is -0.124. The van der Waals surface area contributed by atoms with Gasteiger partial charge in [-0.3, -0.25) is 4.79 Å². The van der Waals surface area contributed by atoms with Gasteiger partial charge in [-0.05, 0) is 60.0 Å². The first-order chi connectivity index (χ1) is 8.60. The third-order valence-electron chi connectivity index (χ3n) is 4.00. The average molecular weight is 271 g/mol. The highest BCUT2D eigenvalue weighted by Crippen LogP contribution is 2.15. The fraction of sp³-hybridized carbons (Fsp3) is 0.933. The highest BCUT2D eigenvalue weighted by atomic mass is 16.1. The van der Waals surface area contributed by atoms with E-state index >= 15 is 0 Å². The molecule has 1 amide bonds. The van der Waals surface area contributed by atoms with Crippen LogP contribution in [-0.4, -0.2) is 42.0 Å². The van der Waals surface area contributed by atoms with E-state index in [-0.39, 0.29) is 11.9 Å². The van der Waals surface area contributed by atoms with E-state index in [0.717, 1.165) is 19.4 Å². The highest BCUT2D eigenvalue weighted by molar-refractivity contribution is 5.84. The molecule has 0 saturated carbocycles. The number of rotatable bonds is 9. The number of hydrogen-bond donors (Lipinski definition) is 2. The number of hydrogen-bond acceptors (Lipinski definition) is 3. The van der Waals surface area contributed by atoms with Crippen LogP contribution in [0.25, 0.3) is 0 Å². The molecule has 0 heterocycles. The van der Waals surface area contributed by atoms with E-state index in [0.29, 0.717) is 12.0 Å². The van der Waals surface area contributed by atoms with Crippen molar-refractivity contribution >= 4 is 5.91 Å². The molecule has 2 atom stereocenters. The summed E-state index contributed by atoms with van der Waals surface area (Å²) in [6.07, 6.45) is 1.74. The normalized spacial score (nSPS) is 16.9. The van der Waals surface area contributed by atoms with Crippen LogP contribution in [0, 0.1) is 5.92 Å². The Balaban J connectivity index is 4.32. The molecule has 0 radical (unpaired) electrons. The standard InChI is InChI=1S/C15H33N3O/c1-11(2)13(5)18(7)10-8-9-15(6,14(16)19)17-12(3)4/h11-13,17H,8-10H2,1-7H3,(H2,16,19). The zero-order valence-corrected chi connectivity index (χ0v) is 13.8. The second-order valence-corrected chi connectivity index (χ2v) is 6.56. The van der Waals surface area contributed by atoms with E-state index in [2.05, 4.69) is 38.0 Å². The second-order valence-electron chi connectivity index (χ2n) is 6.56. The van der Waals surface area contributed by atoms with Gasteiger partial charge < -0.3 is 16.0 Å². The molecule has 3 N–H and O–H groups in total. The molecule has 4 heteroatoms. The van der Waals surface area contributed by atoms with Gasteiger partial charge in [0.25, 0.3) is 0 Å². The summed E-state index contributed by atoms with van der Waals surface area (Å²) in [4.78, 5) is 14.0. The maximum atomic E-state index is 11.6. The molecular weight excluding hydrogens is 238 g/mol. The first kappa shape index (κ1) is 18.4. The smallest absolute Gasteiger partial charge is 0.237 e. The molecule has 114 valence electrons.